The molecular formula is C23H24N2O5S2. The minimum Gasteiger partial charge on any atom is -0.428 e. The van der Waals surface area contributed by atoms with E-state index in [2.05, 4.69) is 10.3 Å². The average Bonchev–Trinajstić information content (AvgIpc) is 3.47. The van der Waals surface area contributed by atoms with Crippen LogP contribution in [0.5, 0.6) is 0 Å². The molecule has 1 amide bonds. The number of aromatic nitrogens is 1. The van der Waals surface area contributed by atoms with Crippen molar-refractivity contribution in [1.29, 1.82) is 0 Å². The fourth-order valence-electron chi connectivity index (χ4n) is 3.30. The third-order valence-corrected chi connectivity index (χ3v) is 7.81. The van der Waals surface area contributed by atoms with Crippen LogP contribution in [0.25, 0.3) is 11.5 Å². The Labute approximate surface area is 191 Å². The lowest BCUT2D eigenvalue weighted by atomic mass is 10.2. The van der Waals surface area contributed by atoms with Gasteiger partial charge in [-0.25, -0.2) is 8.42 Å². The molecule has 32 heavy (non-hydrogen) atoms. The molecule has 7 nitrogen and oxygen atoms in total. The molecule has 4 rings (SSSR count). The molecule has 1 N–H and O–H groups in total. The number of ether oxygens (including phenoxy) is 1. The van der Waals surface area contributed by atoms with Crippen molar-refractivity contribution in [2.45, 2.75) is 40.9 Å². The molecule has 0 bridgehead atoms. The van der Waals surface area contributed by atoms with E-state index in [-0.39, 0.29) is 38.7 Å². The molecule has 2 aromatic carbocycles. The molecule has 168 valence electrons. The lowest BCUT2D eigenvalue weighted by molar-refractivity contribution is -0.119. The Bertz CT molecular complexity index is 1170. The van der Waals surface area contributed by atoms with Gasteiger partial charge in [-0.1, -0.05) is 47.7 Å². The zero-order chi connectivity index (χ0) is 22.6. The fraction of sp³-hybridized carbons (Fsp3) is 0.304. The maximum absolute atomic E-state index is 13.3. The summed E-state index contributed by atoms with van der Waals surface area (Å²) in [4.78, 5) is 16.8. The number of carbonyl (C=O) groups excluding carboxylic acids is 1. The number of nitrogens with zero attached hydrogens (tertiary/aromatic N) is 1. The monoisotopic (exact) mass is 472 g/mol. The zero-order valence-electron chi connectivity index (χ0n) is 17.6. The van der Waals surface area contributed by atoms with Crippen LogP contribution in [0.3, 0.4) is 0 Å². The summed E-state index contributed by atoms with van der Waals surface area (Å²) in [5.41, 5.74) is 1.61. The summed E-state index contributed by atoms with van der Waals surface area (Å²) in [7, 11) is -3.92. The molecule has 9 heteroatoms. The van der Waals surface area contributed by atoms with Crippen LogP contribution in [0, 0.1) is 6.92 Å². The lowest BCUT2D eigenvalue weighted by Gasteiger charge is -2.10. The van der Waals surface area contributed by atoms with Crippen molar-refractivity contribution < 1.29 is 22.4 Å². The average molecular weight is 473 g/mol. The van der Waals surface area contributed by atoms with Gasteiger partial charge in [0, 0.05) is 18.7 Å². The van der Waals surface area contributed by atoms with Crippen LogP contribution >= 0.6 is 11.8 Å². The molecule has 1 saturated heterocycles. The third-order valence-electron chi connectivity index (χ3n) is 5.06. The van der Waals surface area contributed by atoms with Crippen LogP contribution in [-0.2, 0) is 19.4 Å². The van der Waals surface area contributed by atoms with Gasteiger partial charge in [0.2, 0.25) is 31.8 Å². The van der Waals surface area contributed by atoms with E-state index in [4.69, 9.17) is 9.15 Å². The van der Waals surface area contributed by atoms with Gasteiger partial charge in [-0.2, -0.15) is 4.98 Å². The lowest BCUT2D eigenvalue weighted by Crippen LogP contribution is -2.32. The quantitative estimate of drug-likeness (QED) is 0.497. The number of benzene rings is 2. The van der Waals surface area contributed by atoms with Gasteiger partial charge in [-0.15, -0.1) is 0 Å². The Morgan fingerprint density at radius 1 is 1.16 bits per heavy atom. The van der Waals surface area contributed by atoms with E-state index in [1.165, 1.54) is 0 Å². The number of rotatable bonds is 8. The van der Waals surface area contributed by atoms with Crippen LogP contribution in [0.2, 0.25) is 0 Å². The van der Waals surface area contributed by atoms with Crippen LogP contribution in [0.15, 0.2) is 74.0 Å². The molecule has 2 heterocycles. The first-order chi connectivity index (χ1) is 15.4. The topological polar surface area (TPSA) is 98.5 Å². The molecule has 0 radical (unpaired) electrons. The summed E-state index contributed by atoms with van der Waals surface area (Å²) in [6.45, 7) is 3.05. The molecule has 0 saturated carbocycles. The van der Waals surface area contributed by atoms with E-state index in [1.54, 1.807) is 36.4 Å². The van der Waals surface area contributed by atoms with E-state index < -0.39 is 9.84 Å². The highest BCUT2D eigenvalue weighted by molar-refractivity contribution is 8.00. The van der Waals surface area contributed by atoms with Crippen molar-refractivity contribution >= 4 is 27.5 Å². The molecule has 0 unspecified atom stereocenters. The first kappa shape index (κ1) is 22.6. The molecule has 1 aliphatic heterocycles. The summed E-state index contributed by atoms with van der Waals surface area (Å²) in [6.07, 6.45) is 1.96. The van der Waals surface area contributed by atoms with Gasteiger partial charge in [0.1, 0.15) is 0 Å². The fourth-order valence-corrected chi connectivity index (χ4v) is 5.66. The number of carbonyl (C=O) groups is 1. The summed E-state index contributed by atoms with van der Waals surface area (Å²) in [6, 6.07) is 15.6. The van der Waals surface area contributed by atoms with Gasteiger partial charge in [-0.05, 0) is 44.0 Å². The minimum atomic E-state index is -3.92. The summed E-state index contributed by atoms with van der Waals surface area (Å²) in [5, 5.41) is 2.74. The zero-order valence-corrected chi connectivity index (χ0v) is 19.2. The van der Waals surface area contributed by atoms with Crippen molar-refractivity contribution in [3.8, 4) is 11.5 Å². The Hall–Kier alpha value is -2.62. The standard InChI is InChI=1S/C23H24N2O5S2/c1-16-9-11-19(12-10-16)32(27,28)22-23(30-21(25-22)17-6-3-2-4-7-17)31-15-20(26)24-14-18-8-5-13-29-18/h2-4,6-7,9-12,18H,5,8,13-15H2,1H3,(H,24,26)/t18-/m1/s1. The maximum atomic E-state index is 13.3. The number of hydrogen-bond acceptors (Lipinski definition) is 7. The number of hydrogen-bond donors (Lipinski definition) is 1. The molecule has 1 fully saturated rings. The largest absolute Gasteiger partial charge is 0.428 e. The molecular weight excluding hydrogens is 448 g/mol. The van der Waals surface area contributed by atoms with Gasteiger partial charge >= 0.3 is 0 Å². The second-order valence-electron chi connectivity index (χ2n) is 7.52. The van der Waals surface area contributed by atoms with Gasteiger partial charge < -0.3 is 14.5 Å². The predicted molar refractivity (Wildman–Crippen MR) is 121 cm³/mol. The van der Waals surface area contributed by atoms with Gasteiger partial charge in [-0.3, -0.25) is 4.79 Å². The molecule has 3 aromatic rings. The van der Waals surface area contributed by atoms with Crippen molar-refractivity contribution in [1.82, 2.24) is 10.3 Å². The Balaban J connectivity index is 1.57. The number of nitrogens with one attached hydrogen (secondary N) is 1. The van der Waals surface area contributed by atoms with Crippen LogP contribution < -0.4 is 5.32 Å². The second kappa shape index (κ2) is 9.89. The van der Waals surface area contributed by atoms with E-state index in [1.807, 2.05) is 25.1 Å². The number of thioether (sulfide) groups is 1. The first-order valence-corrected chi connectivity index (χ1v) is 12.8. The number of oxazole rings is 1. The van der Waals surface area contributed by atoms with Crippen molar-refractivity contribution in [2.75, 3.05) is 18.9 Å². The van der Waals surface area contributed by atoms with E-state index in [9.17, 15) is 13.2 Å². The first-order valence-electron chi connectivity index (χ1n) is 10.3. The highest BCUT2D eigenvalue weighted by atomic mass is 32.2. The van der Waals surface area contributed by atoms with Crippen molar-refractivity contribution in [3.63, 3.8) is 0 Å². The molecule has 1 aromatic heterocycles. The summed E-state index contributed by atoms with van der Waals surface area (Å²) in [5.74, 6) is -0.0209. The molecule has 1 aliphatic rings. The Morgan fingerprint density at radius 2 is 1.91 bits per heavy atom. The van der Waals surface area contributed by atoms with E-state index in [0.717, 1.165) is 36.8 Å². The number of sulfone groups is 1. The van der Waals surface area contributed by atoms with Gasteiger partial charge in [0.05, 0.1) is 16.8 Å². The second-order valence-corrected chi connectivity index (χ2v) is 10.3. The highest BCUT2D eigenvalue weighted by Crippen LogP contribution is 2.34. The van der Waals surface area contributed by atoms with E-state index >= 15 is 0 Å². The summed E-state index contributed by atoms with van der Waals surface area (Å²) < 4.78 is 37.9. The van der Waals surface area contributed by atoms with Crippen LogP contribution in [-0.4, -0.2) is 44.3 Å². The van der Waals surface area contributed by atoms with Crippen LogP contribution in [0.4, 0.5) is 0 Å². The SMILES string of the molecule is Cc1ccc(S(=O)(=O)c2nc(-c3ccccc3)oc2SCC(=O)NC[C@H]2CCCO2)cc1. The third kappa shape index (κ3) is 5.23. The predicted octanol–water partition coefficient (Wildman–Crippen LogP) is 3.87. The minimum absolute atomic E-state index is 0.00651. The summed E-state index contributed by atoms with van der Waals surface area (Å²) >= 11 is 1.02. The van der Waals surface area contributed by atoms with Crippen molar-refractivity contribution in [3.05, 3.63) is 60.2 Å². The Morgan fingerprint density at radius 3 is 2.59 bits per heavy atom. The van der Waals surface area contributed by atoms with E-state index in [0.29, 0.717) is 12.1 Å². The highest BCUT2D eigenvalue weighted by Gasteiger charge is 2.29. The molecule has 0 spiro atoms. The molecule has 1 atom stereocenters. The molecule has 0 aliphatic carbocycles. The maximum Gasteiger partial charge on any atom is 0.230 e. The number of aryl methyl sites for hydroxylation is 1. The van der Waals surface area contributed by atoms with Crippen LogP contribution in [0.1, 0.15) is 18.4 Å². The van der Waals surface area contributed by atoms with Gasteiger partial charge in [0.15, 0.2) is 0 Å². The smallest absolute Gasteiger partial charge is 0.230 e. The number of amides is 1. The normalized spacial score (nSPS) is 16.2. The van der Waals surface area contributed by atoms with Crippen molar-refractivity contribution in [2.24, 2.45) is 0 Å². The van der Waals surface area contributed by atoms with Gasteiger partial charge in [0.25, 0.3) is 0 Å². The Kier molecular flexibility index (Phi) is 6.98.